The van der Waals surface area contributed by atoms with Gasteiger partial charge in [0.05, 0.1) is 25.3 Å². The Morgan fingerprint density at radius 3 is 2.62 bits per heavy atom. The van der Waals surface area contributed by atoms with E-state index in [2.05, 4.69) is 20.2 Å². The number of aromatic nitrogens is 3. The van der Waals surface area contributed by atoms with E-state index in [1.165, 1.54) is 30.3 Å². The lowest BCUT2D eigenvalue weighted by Gasteiger charge is -2.19. The monoisotopic (exact) mass is 507 g/mol. The second-order valence-corrected chi connectivity index (χ2v) is 9.78. The van der Waals surface area contributed by atoms with Crippen LogP contribution < -0.4 is 20.3 Å². The number of benzene rings is 1. The standard InChI is InChI=1S/C28H37N5O4/c1-20(2)30-25(34)19-33-27(21-10-8-11-22(16-21)36-3)31-26-24(28(33)35)17-23(18-29-26)37-15-9-14-32-12-6-4-5-7-13-32/h8,10-11,16-18,20H,4-7,9,12-15,19H2,1-3H3,(H,30,34). The second kappa shape index (κ2) is 12.7. The molecule has 0 bridgehead atoms. The lowest BCUT2D eigenvalue weighted by atomic mass is 10.2. The van der Waals surface area contributed by atoms with Crippen molar-refractivity contribution in [1.29, 1.82) is 0 Å². The smallest absolute Gasteiger partial charge is 0.263 e. The molecule has 3 heterocycles. The molecule has 0 spiro atoms. The summed E-state index contributed by atoms with van der Waals surface area (Å²) in [7, 11) is 1.58. The Balaban J connectivity index is 1.59. The van der Waals surface area contributed by atoms with Crippen molar-refractivity contribution in [3.05, 3.63) is 46.9 Å². The van der Waals surface area contributed by atoms with Crippen LogP contribution in [0.25, 0.3) is 22.4 Å². The SMILES string of the molecule is COc1cccc(-c2nc3ncc(OCCCN4CCCCCC4)cc3c(=O)n2CC(=O)NC(C)C)c1. The zero-order valence-electron chi connectivity index (χ0n) is 22.0. The molecule has 1 saturated heterocycles. The van der Waals surface area contributed by atoms with Gasteiger partial charge >= 0.3 is 0 Å². The fourth-order valence-corrected chi connectivity index (χ4v) is 4.64. The number of carbonyl (C=O) groups is 1. The van der Waals surface area contributed by atoms with Crippen molar-refractivity contribution in [3.63, 3.8) is 0 Å². The van der Waals surface area contributed by atoms with Crippen molar-refractivity contribution in [3.8, 4) is 22.9 Å². The summed E-state index contributed by atoms with van der Waals surface area (Å²) < 4.78 is 12.7. The Kier molecular flexibility index (Phi) is 9.11. The van der Waals surface area contributed by atoms with Gasteiger partial charge in [0.25, 0.3) is 5.56 Å². The van der Waals surface area contributed by atoms with Crippen LogP contribution in [0, 0.1) is 0 Å². The first-order chi connectivity index (χ1) is 17.9. The number of carbonyl (C=O) groups excluding carboxylic acids is 1. The fraction of sp³-hybridized carbons (Fsp3) is 0.500. The van der Waals surface area contributed by atoms with Gasteiger partial charge in [-0.25, -0.2) is 9.97 Å². The van der Waals surface area contributed by atoms with Gasteiger partial charge in [-0.05, 0) is 64.4 Å². The molecule has 1 amide bonds. The normalized spacial score (nSPS) is 14.5. The van der Waals surface area contributed by atoms with Crippen molar-refractivity contribution in [2.24, 2.45) is 0 Å². The summed E-state index contributed by atoms with van der Waals surface area (Å²) in [5.41, 5.74) is 0.621. The summed E-state index contributed by atoms with van der Waals surface area (Å²) in [6.45, 7) is 7.46. The van der Waals surface area contributed by atoms with Gasteiger partial charge in [0.15, 0.2) is 5.65 Å². The number of amides is 1. The van der Waals surface area contributed by atoms with Gasteiger partial charge in [-0.2, -0.15) is 0 Å². The molecule has 0 atom stereocenters. The molecular formula is C28H37N5O4. The summed E-state index contributed by atoms with van der Waals surface area (Å²) in [4.78, 5) is 37.9. The highest BCUT2D eigenvalue weighted by Gasteiger charge is 2.18. The first-order valence-corrected chi connectivity index (χ1v) is 13.1. The van der Waals surface area contributed by atoms with E-state index in [-0.39, 0.29) is 24.1 Å². The van der Waals surface area contributed by atoms with Gasteiger partial charge in [0, 0.05) is 18.2 Å². The number of likely N-dealkylation sites (tertiary alicyclic amines) is 1. The van der Waals surface area contributed by atoms with Crippen LogP contribution in [0.1, 0.15) is 46.0 Å². The first-order valence-electron chi connectivity index (χ1n) is 13.1. The molecule has 37 heavy (non-hydrogen) atoms. The van der Waals surface area contributed by atoms with E-state index in [9.17, 15) is 9.59 Å². The Hall–Kier alpha value is -3.46. The Bertz CT molecular complexity index is 1270. The zero-order chi connectivity index (χ0) is 26.2. The van der Waals surface area contributed by atoms with Crippen molar-refractivity contribution >= 4 is 16.9 Å². The van der Waals surface area contributed by atoms with Gasteiger partial charge in [0.1, 0.15) is 23.9 Å². The number of hydrogen-bond donors (Lipinski definition) is 1. The van der Waals surface area contributed by atoms with E-state index >= 15 is 0 Å². The van der Waals surface area contributed by atoms with E-state index in [4.69, 9.17) is 9.47 Å². The molecule has 1 fully saturated rings. The zero-order valence-corrected chi connectivity index (χ0v) is 22.0. The fourth-order valence-electron chi connectivity index (χ4n) is 4.64. The number of hydrogen-bond acceptors (Lipinski definition) is 7. The molecule has 0 radical (unpaired) electrons. The van der Waals surface area contributed by atoms with Crippen LogP contribution in [-0.4, -0.2) is 64.7 Å². The maximum Gasteiger partial charge on any atom is 0.263 e. The number of pyridine rings is 1. The maximum absolute atomic E-state index is 13.6. The molecular weight excluding hydrogens is 470 g/mol. The van der Waals surface area contributed by atoms with Gasteiger partial charge in [0.2, 0.25) is 5.91 Å². The molecule has 1 N–H and O–H groups in total. The number of rotatable bonds is 10. The Morgan fingerprint density at radius 1 is 1.11 bits per heavy atom. The molecule has 2 aromatic heterocycles. The molecule has 9 heteroatoms. The molecule has 1 aliphatic rings. The van der Waals surface area contributed by atoms with E-state index in [1.54, 1.807) is 25.4 Å². The van der Waals surface area contributed by atoms with Crippen molar-refractivity contribution in [2.45, 2.75) is 58.5 Å². The summed E-state index contributed by atoms with van der Waals surface area (Å²) >= 11 is 0. The summed E-state index contributed by atoms with van der Waals surface area (Å²) in [5.74, 6) is 1.24. The minimum Gasteiger partial charge on any atom is -0.497 e. The maximum atomic E-state index is 13.6. The van der Waals surface area contributed by atoms with Crippen molar-refractivity contribution < 1.29 is 14.3 Å². The minimum absolute atomic E-state index is 0.0483. The number of methoxy groups -OCH3 is 1. The average Bonchev–Trinajstić information content (AvgIpc) is 3.17. The quantitative estimate of drug-likeness (QED) is 0.418. The first kappa shape index (κ1) is 26.6. The number of nitrogens with zero attached hydrogens (tertiary/aromatic N) is 4. The third-order valence-electron chi connectivity index (χ3n) is 6.45. The third kappa shape index (κ3) is 7.07. The highest BCUT2D eigenvalue weighted by Crippen LogP contribution is 2.24. The van der Waals surface area contributed by atoms with Gasteiger partial charge in [-0.3, -0.25) is 14.2 Å². The molecule has 4 rings (SSSR count). The summed E-state index contributed by atoms with van der Waals surface area (Å²) in [6.07, 6.45) is 7.68. The Morgan fingerprint density at radius 2 is 1.89 bits per heavy atom. The van der Waals surface area contributed by atoms with Crippen LogP contribution in [0.4, 0.5) is 0 Å². The highest BCUT2D eigenvalue weighted by atomic mass is 16.5. The highest BCUT2D eigenvalue weighted by molar-refractivity contribution is 5.80. The second-order valence-electron chi connectivity index (χ2n) is 9.78. The third-order valence-corrected chi connectivity index (χ3v) is 6.45. The average molecular weight is 508 g/mol. The number of fused-ring (bicyclic) bond motifs is 1. The topological polar surface area (TPSA) is 98.6 Å². The van der Waals surface area contributed by atoms with Crippen LogP contribution in [-0.2, 0) is 11.3 Å². The Labute approximate surface area is 217 Å². The molecule has 0 aliphatic carbocycles. The van der Waals surface area contributed by atoms with E-state index < -0.39 is 0 Å². The molecule has 0 unspecified atom stereocenters. The number of ether oxygens (including phenoxy) is 2. The van der Waals surface area contributed by atoms with Gasteiger partial charge in [-0.15, -0.1) is 0 Å². The van der Waals surface area contributed by atoms with E-state index in [0.717, 1.165) is 26.1 Å². The van der Waals surface area contributed by atoms with Crippen LogP contribution in [0.5, 0.6) is 11.5 Å². The predicted octanol–water partition coefficient (Wildman–Crippen LogP) is 3.64. The predicted molar refractivity (Wildman–Crippen MR) is 144 cm³/mol. The van der Waals surface area contributed by atoms with Crippen molar-refractivity contribution in [2.75, 3.05) is 33.4 Å². The molecule has 1 aliphatic heterocycles. The number of nitrogens with one attached hydrogen (secondary N) is 1. The summed E-state index contributed by atoms with van der Waals surface area (Å²) in [5, 5.41) is 3.16. The van der Waals surface area contributed by atoms with E-state index in [1.807, 2.05) is 32.0 Å². The lowest BCUT2D eigenvalue weighted by Crippen LogP contribution is -2.37. The minimum atomic E-state index is -0.343. The van der Waals surface area contributed by atoms with Gasteiger partial charge < -0.3 is 19.7 Å². The molecule has 3 aromatic rings. The summed E-state index contributed by atoms with van der Waals surface area (Å²) in [6, 6.07) is 8.87. The molecule has 0 saturated carbocycles. The van der Waals surface area contributed by atoms with Crippen LogP contribution >= 0.6 is 0 Å². The molecule has 9 nitrogen and oxygen atoms in total. The van der Waals surface area contributed by atoms with E-state index in [0.29, 0.717) is 40.5 Å². The van der Waals surface area contributed by atoms with Crippen LogP contribution in [0.2, 0.25) is 0 Å². The van der Waals surface area contributed by atoms with Crippen LogP contribution in [0.3, 0.4) is 0 Å². The lowest BCUT2D eigenvalue weighted by molar-refractivity contribution is -0.122. The molecule has 198 valence electrons. The van der Waals surface area contributed by atoms with Gasteiger partial charge in [-0.1, -0.05) is 25.0 Å². The largest absolute Gasteiger partial charge is 0.497 e. The molecule has 1 aromatic carbocycles. The van der Waals surface area contributed by atoms with Crippen LogP contribution in [0.15, 0.2) is 41.3 Å². The van der Waals surface area contributed by atoms with Crippen molar-refractivity contribution in [1.82, 2.24) is 24.8 Å².